The van der Waals surface area contributed by atoms with Crippen molar-refractivity contribution in [3.63, 3.8) is 0 Å². The number of amides is 1. The van der Waals surface area contributed by atoms with E-state index in [0.29, 0.717) is 11.0 Å². The molecular formula is C17H23N3O2S. The van der Waals surface area contributed by atoms with E-state index in [0.717, 1.165) is 34.9 Å². The average molecular weight is 333 g/mol. The number of carbonyl (C=O) groups excluding carboxylic acids is 1. The summed E-state index contributed by atoms with van der Waals surface area (Å²) in [4.78, 5) is 16.9. The van der Waals surface area contributed by atoms with Crippen molar-refractivity contribution >= 4 is 22.4 Å². The first-order valence-corrected chi connectivity index (χ1v) is 8.51. The Morgan fingerprint density at radius 1 is 1.35 bits per heavy atom. The van der Waals surface area contributed by atoms with Gasteiger partial charge in [0, 0.05) is 10.4 Å². The minimum absolute atomic E-state index is 0.0453. The molecule has 0 unspecified atom stereocenters. The summed E-state index contributed by atoms with van der Waals surface area (Å²) in [5.41, 5.74) is 7.18. The molecule has 124 valence electrons. The van der Waals surface area contributed by atoms with Crippen molar-refractivity contribution in [1.29, 1.82) is 0 Å². The summed E-state index contributed by atoms with van der Waals surface area (Å²) in [5, 5.41) is 3.27. The fourth-order valence-electron chi connectivity index (χ4n) is 2.01. The first kappa shape index (κ1) is 17.4. The summed E-state index contributed by atoms with van der Waals surface area (Å²) in [7, 11) is 0. The second kappa shape index (κ2) is 8.08. The summed E-state index contributed by atoms with van der Waals surface area (Å²) in [5.74, 6) is 1.26. The third-order valence-corrected chi connectivity index (χ3v) is 4.21. The van der Waals surface area contributed by atoms with Crippen LogP contribution in [0.1, 0.15) is 25.1 Å². The number of rotatable bonds is 7. The van der Waals surface area contributed by atoms with Crippen LogP contribution in [0, 0.1) is 12.8 Å². The molecule has 6 heteroatoms. The Hall–Kier alpha value is -1.92. The van der Waals surface area contributed by atoms with Crippen molar-refractivity contribution in [3.8, 4) is 17.0 Å². The molecule has 0 saturated heterocycles. The molecular weight excluding hydrogens is 310 g/mol. The minimum Gasteiger partial charge on any atom is -0.494 e. The molecule has 0 bridgehead atoms. The maximum Gasteiger partial charge on any atom is 0.239 e. The molecule has 3 N–H and O–H groups in total. The Kier molecular flexibility index (Phi) is 6.12. The molecule has 0 aliphatic heterocycles. The summed E-state index contributed by atoms with van der Waals surface area (Å²) in [6.45, 7) is 7.02. The Labute approximate surface area is 140 Å². The van der Waals surface area contributed by atoms with Gasteiger partial charge in [0.15, 0.2) is 5.13 Å². The smallest absolute Gasteiger partial charge is 0.239 e. The Balaban J connectivity index is 2.05. The van der Waals surface area contributed by atoms with Crippen LogP contribution in [0.2, 0.25) is 0 Å². The lowest BCUT2D eigenvalue weighted by atomic mass is 10.1. The summed E-state index contributed by atoms with van der Waals surface area (Å²) < 4.78 is 5.72. The number of thiazole rings is 1. The van der Waals surface area contributed by atoms with E-state index >= 15 is 0 Å². The van der Waals surface area contributed by atoms with Gasteiger partial charge in [-0.25, -0.2) is 4.98 Å². The first-order chi connectivity index (χ1) is 11.0. The summed E-state index contributed by atoms with van der Waals surface area (Å²) >= 11 is 1.44. The van der Waals surface area contributed by atoms with Crippen LogP contribution in [0.25, 0.3) is 11.3 Å². The maximum absolute atomic E-state index is 11.3. The number of aromatic nitrogens is 1. The van der Waals surface area contributed by atoms with E-state index in [9.17, 15) is 4.79 Å². The van der Waals surface area contributed by atoms with Crippen molar-refractivity contribution in [2.45, 2.75) is 27.2 Å². The third kappa shape index (κ3) is 5.04. The van der Waals surface area contributed by atoms with Crippen molar-refractivity contribution in [1.82, 2.24) is 4.98 Å². The highest BCUT2D eigenvalue weighted by Gasteiger charge is 2.11. The van der Waals surface area contributed by atoms with E-state index in [-0.39, 0.29) is 12.5 Å². The fourth-order valence-corrected chi connectivity index (χ4v) is 2.86. The van der Waals surface area contributed by atoms with Gasteiger partial charge in [0.05, 0.1) is 18.8 Å². The van der Waals surface area contributed by atoms with Crippen LogP contribution < -0.4 is 15.8 Å². The molecule has 5 nitrogen and oxygen atoms in total. The van der Waals surface area contributed by atoms with Gasteiger partial charge in [-0.1, -0.05) is 13.8 Å². The molecule has 0 aliphatic carbocycles. The normalized spacial score (nSPS) is 10.8. The number of nitrogens with one attached hydrogen (secondary N) is 1. The van der Waals surface area contributed by atoms with E-state index < -0.39 is 0 Å². The highest BCUT2D eigenvalue weighted by Crippen LogP contribution is 2.31. The zero-order valence-corrected chi connectivity index (χ0v) is 14.6. The predicted octanol–water partition coefficient (Wildman–Crippen LogP) is 3.44. The number of nitrogens with two attached hydrogens (primary N) is 1. The van der Waals surface area contributed by atoms with Gasteiger partial charge < -0.3 is 15.8 Å². The van der Waals surface area contributed by atoms with Crippen LogP contribution in [0.4, 0.5) is 5.13 Å². The van der Waals surface area contributed by atoms with Crippen LogP contribution in [0.15, 0.2) is 24.3 Å². The van der Waals surface area contributed by atoms with Gasteiger partial charge in [0.25, 0.3) is 0 Å². The molecule has 1 aromatic carbocycles. The van der Waals surface area contributed by atoms with Crippen LogP contribution >= 0.6 is 11.3 Å². The molecule has 0 atom stereocenters. The molecule has 0 spiro atoms. The van der Waals surface area contributed by atoms with Gasteiger partial charge in [0.1, 0.15) is 5.75 Å². The van der Waals surface area contributed by atoms with E-state index in [1.54, 1.807) is 0 Å². The van der Waals surface area contributed by atoms with Gasteiger partial charge in [-0.2, -0.15) is 0 Å². The van der Waals surface area contributed by atoms with Crippen LogP contribution in [0.3, 0.4) is 0 Å². The molecule has 1 aromatic heterocycles. The van der Waals surface area contributed by atoms with E-state index in [1.165, 1.54) is 11.3 Å². The lowest BCUT2D eigenvalue weighted by Crippen LogP contribution is -2.21. The van der Waals surface area contributed by atoms with Gasteiger partial charge >= 0.3 is 0 Å². The predicted molar refractivity (Wildman–Crippen MR) is 94.9 cm³/mol. The quantitative estimate of drug-likeness (QED) is 0.813. The zero-order chi connectivity index (χ0) is 16.8. The van der Waals surface area contributed by atoms with E-state index in [1.807, 2.05) is 31.2 Å². The molecule has 2 rings (SSSR count). The second-order valence-corrected chi connectivity index (χ2v) is 6.93. The number of nitrogens with zero attached hydrogens (tertiary/aromatic N) is 1. The number of hydrogen-bond acceptors (Lipinski definition) is 5. The molecule has 0 radical (unpaired) electrons. The summed E-state index contributed by atoms with van der Waals surface area (Å²) in [6.07, 6.45) is 1.04. The third-order valence-electron chi connectivity index (χ3n) is 3.32. The number of carbonyl (C=O) groups is 1. The monoisotopic (exact) mass is 333 g/mol. The molecule has 2 aromatic rings. The summed E-state index contributed by atoms with van der Waals surface area (Å²) in [6, 6.07) is 7.88. The fraction of sp³-hybridized carbons (Fsp3) is 0.412. The lowest BCUT2D eigenvalue weighted by molar-refractivity contribution is -0.114. The Bertz CT molecular complexity index is 650. The zero-order valence-electron chi connectivity index (χ0n) is 13.8. The minimum atomic E-state index is -0.237. The van der Waals surface area contributed by atoms with Crippen molar-refractivity contribution in [3.05, 3.63) is 29.1 Å². The van der Waals surface area contributed by atoms with E-state index in [4.69, 9.17) is 10.5 Å². The lowest BCUT2D eigenvalue weighted by Gasteiger charge is -2.08. The van der Waals surface area contributed by atoms with Crippen LogP contribution in [0.5, 0.6) is 5.75 Å². The largest absolute Gasteiger partial charge is 0.494 e. The highest BCUT2D eigenvalue weighted by molar-refractivity contribution is 7.16. The number of hydrogen-bond donors (Lipinski definition) is 2. The first-order valence-electron chi connectivity index (χ1n) is 7.70. The van der Waals surface area contributed by atoms with E-state index in [2.05, 4.69) is 24.1 Å². The highest BCUT2D eigenvalue weighted by atomic mass is 32.1. The van der Waals surface area contributed by atoms with Crippen LogP contribution in [-0.4, -0.2) is 24.0 Å². The number of aryl methyl sites for hydroxylation is 1. The molecule has 0 fully saturated rings. The van der Waals surface area contributed by atoms with Gasteiger partial charge in [-0.3, -0.25) is 4.79 Å². The second-order valence-electron chi connectivity index (χ2n) is 5.73. The molecule has 1 heterocycles. The average Bonchev–Trinajstić information content (AvgIpc) is 2.88. The van der Waals surface area contributed by atoms with Gasteiger partial charge in [-0.15, -0.1) is 11.3 Å². The molecule has 23 heavy (non-hydrogen) atoms. The van der Waals surface area contributed by atoms with Gasteiger partial charge in [-0.05, 0) is 43.5 Å². The Morgan fingerprint density at radius 2 is 2.04 bits per heavy atom. The topological polar surface area (TPSA) is 77.2 Å². The van der Waals surface area contributed by atoms with Crippen molar-refractivity contribution in [2.75, 3.05) is 18.5 Å². The molecule has 0 aliphatic rings. The Morgan fingerprint density at radius 3 is 2.65 bits per heavy atom. The molecule has 1 amide bonds. The standard InChI is InChI=1S/C17H23N3O2S/c1-11(2)8-9-22-14-6-4-13(5-7-14)16-12(3)23-17(20-16)19-15(21)10-18/h4-7,11H,8-10,18H2,1-3H3,(H,19,20,21). The SMILES string of the molecule is Cc1sc(NC(=O)CN)nc1-c1ccc(OCCC(C)C)cc1. The number of anilines is 1. The number of ether oxygens (including phenoxy) is 1. The number of benzene rings is 1. The van der Waals surface area contributed by atoms with Gasteiger partial charge in [0.2, 0.25) is 5.91 Å². The maximum atomic E-state index is 11.3. The van der Waals surface area contributed by atoms with Crippen molar-refractivity contribution < 1.29 is 9.53 Å². The molecule has 0 saturated carbocycles. The van der Waals surface area contributed by atoms with Crippen molar-refractivity contribution in [2.24, 2.45) is 11.7 Å². The van der Waals surface area contributed by atoms with Crippen LogP contribution in [-0.2, 0) is 4.79 Å².